The number of anilines is 1. The van der Waals surface area contributed by atoms with Crippen LogP contribution in [-0.2, 0) is 22.4 Å². The van der Waals surface area contributed by atoms with Crippen molar-refractivity contribution in [2.24, 2.45) is 0 Å². The molecule has 1 aromatic carbocycles. The summed E-state index contributed by atoms with van der Waals surface area (Å²) in [6.07, 6.45) is 3.34. The number of aromatic nitrogens is 1. The highest BCUT2D eigenvalue weighted by atomic mass is 19.1. The number of hydrogen-bond acceptors (Lipinski definition) is 4. The van der Waals surface area contributed by atoms with E-state index < -0.39 is 0 Å². The summed E-state index contributed by atoms with van der Waals surface area (Å²) in [7, 11) is 0. The molecule has 0 atom stereocenters. The van der Waals surface area contributed by atoms with E-state index in [2.05, 4.69) is 15.6 Å². The van der Waals surface area contributed by atoms with Crippen LogP contribution >= 0.6 is 0 Å². The second kappa shape index (κ2) is 10.5. The topological polar surface area (TPSA) is 74.3 Å². The highest BCUT2D eigenvalue weighted by Crippen LogP contribution is 2.11. The third-order valence-electron chi connectivity index (χ3n) is 4.90. The van der Waals surface area contributed by atoms with Gasteiger partial charge in [0.1, 0.15) is 11.6 Å². The summed E-state index contributed by atoms with van der Waals surface area (Å²) >= 11 is 0. The molecule has 29 heavy (non-hydrogen) atoms. The van der Waals surface area contributed by atoms with Crippen molar-refractivity contribution in [2.75, 3.05) is 31.5 Å². The van der Waals surface area contributed by atoms with Crippen LogP contribution in [0.1, 0.15) is 30.5 Å². The monoisotopic (exact) mass is 398 g/mol. The van der Waals surface area contributed by atoms with Gasteiger partial charge in [-0.15, -0.1) is 0 Å². The van der Waals surface area contributed by atoms with Gasteiger partial charge in [-0.3, -0.25) is 9.59 Å². The summed E-state index contributed by atoms with van der Waals surface area (Å²) in [5.41, 5.74) is 1.92. The molecule has 0 unspecified atom stereocenters. The fourth-order valence-corrected chi connectivity index (χ4v) is 3.30. The number of carbonyl (C=O) groups is 2. The smallest absolute Gasteiger partial charge is 0.239 e. The number of rotatable bonds is 3. The molecule has 0 spiro atoms. The maximum Gasteiger partial charge on any atom is 0.239 e. The molecule has 0 saturated carbocycles. The van der Waals surface area contributed by atoms with Crippen molar-refractivity contribution in [3.8, 4) is 0 Å². The van der Waals surface area contributed by atoms with Crippen LogP contribution in [0.5, 0.6) is 0 Å². The molecule has 7 heteroatoms. The Labute approximate surface area is 170 Å². The maximum absolute atomic E-state index is 13.0. The second-order valence-corrected chi connectivity index (χ2v) is 7.19. The number of aryl methyl sites for hydroxylation is 2. The second-order valence-electron chi connectivity index (χ2n) is 7.19. The van der Waals surface area contributed by atoms with Crippen LogP contribution < -0.4 is 10.6 Å². The molecule has 2 bridgehead atoms. The first-order valence-electron chi connectivity index (χ1n) is 10.1. The predicted octanol–water partition coefficient (Wildman–Crippen LogP) is 2.55. The minimum Gasteiger partial charge on any atom is -0.368 e. The molecule has 2 heterocycles. The highest BCUT2D eigenvalue weighted by molar-refractivity contribution is 5.84. The van der Waals surface area contributed by atoms with Crippen LogP contribution in [0.3, 0.4) is 0 Å². The summed E-state index contributed by atoms with van der Waals surface area (Å²) in [4.78, 5) is 31.2. The number of carbonyl (C=O) groups excluding carboxylic acids is 2. The number of nitrogens with one attached hydrogen (secondary N) is 2. The lowest BCUT2D eigenvalue weighted by atomic mass is 10.1. The van der Waals surface area contributed by atoms with E-state index in [0.717, 1.165) is 36.3 Å². The van der Waals surface area contributed by atoms with E-state index in [1.807, 2.05) is 18.2 Å². The number of nitrogens with zero attached hydrogens (tertiary/aromatic N) is 2. The first kappa shape index (κ1) is 20.8. The molecule has 0 fully saturated rings. The summed E-state index contributed by atoms with van der Waals surface area (Å²) in [5.74, 6) is 0.294. The summed E-state index contributed by atoms with van der Waals surface area (Å²) in [6.45, 7) is 1.63. The zero-order valence-electron chi connectivity index (χ0n) is 16.5. The molecule has 154 valence electrons. The number of hydrogen-bond donors (Lipinski definition) is 2. The lowest BCUT2D eigenvalue weighted by Gasteiger charge is -2.23. The van der Waals surface area contributed by atoms with Gasteiger partial charge in [-0.25, -0.2) is 9.37 Å². The van der Waals surface area contributed by atoms with E-state index in [1.54, 1.807) is 17.0 Å². The maximum atomic E-state index is 13.0. The summed E-state index contributed by atoms with van der Waals surface area (Å²) < 4.78 is 13.0. The van der Waals surface area contributed by atoms with E-state index in [4.69, 9.17) is 0 Å². The summed E-state index contributed by atoms with van der Waals surface area (Å²) in [5, 5.41) is 6.05. The zero-order chi connectivity index (χ0) is 20.5. The minimum atomic E-state index is -0.291. The average molecular weight is 398 g/mol. The van der Waals surface area contributed by atoms with Crippen LogP contribution in [0.2, 0.25) is 0 Å². The number of benzene rings is 1. The Morgan fingerprint density at radius 2 is 1.86 bits per heavy atom. The standard InChI is InChI=1S/C22H27FN4O2/c23-18-10-7-17(8-11-18)9-12-22(29)27-15-2-1-4-19-5-3-6-20(26-19)24-13-14-25-21(28)16-27/h3,5-8,10-11H,1-2,4,9,12-16H2,(H,24,26)(H,25,28). The molecule has 6 nitrogen and oxygen atoms in total. The SMILES string of the molecule is O=C1CN(C(=O)CCc2ccc(F)cc2)CCCCc2cccc(n2)NCCN1. The van der Waals surface area contributed by atoms with Gasteiger partial charge in [0, 0.05) is 31.7 Å². The van der Waals surface area contributed by atoms with Crippen molar-refractivity contribution < 1.29 is 14.0 Å². The molecule has 2 amide bonds. The fraction of sp³-hybridized carbons (Fsp3) is 0.409. The molecule has 1 aliphatic heterocycles. The van der Waals surface area contributed by atoms with Crippen molar-refractivity contribution in [3.05, 3.63) is 59.5 Å². The van der Waals surface area contributed by atoms with Gasteiger partial charge in [0.05, 0.1) is 6.54 Å². The van der Waals surface area contributed by atoms with Gasteiger partial charge in [0.25, 0.3) is 0 Å². The largest absolute Gasteiger partial charge is 0.368 e. The first-order valence-corrected chi connectivity index (χ1v) is 10.1. The third-order valence-corrected chi connectivity index (χ3v) is 4.90. The molecule has 3 rings (SSSR count). The highest BCUT2D eigenvalue weighted by Gasteiger charge is 2.17. The predicted molar refractivity (Wildman–Crippen MR) is 110 cm³/mol. The van der Waals surface area contributed by atoms with Crippen LogP contribution in [0.25, 0.3) is 0 Å². The number of pyridine rings is 1. The van der Waals surface area contributed by atoms with Crippen molar-refractivity contribution >= 4 is 17.6 Å². The normalized spacial score (nSPS) is 15.8. The van der Waals surface area contributed by atoms with E-state index >= 15 is 0 Å². The van der Waals surface area contributed by atoms with E-state index in [1.165, 1.54) is 12.1 Å². The number of amides is 2. The molecule has 1 aromatic heterocycles. The molecule has 0 saturated heterocycles. The molecule has 2 N–H and O–H groups in total. The molecule has 1 aliphatic rings. The first-order chi connectivity index (χ1) is 14.1. The van der Waals surface area contributed by atoms with Crippen molar-refractivity contribution in [1.29, 1.82) is 0 Å². The van der Waals surface area contributed by atoms with Gasteiger partial charge >= 0.3 is 0 Å². The van der Waals surface area contributed by atoms with Gasteiger partial charge in [-0.05, 0) is 55.5 Å². The molecular weight excluding hydrogens is 371 g/mol. The van der Waals surface area contributed by atoms with Crippen molar-refractivity contribution in [1.82, 2.24) is 15.2 Å². The number of fused-ring (bicyclic) bond motifs is 2. The van der Waals surface area contributed by atoms with E-state index in [9.17, 15) is 14.0 Å². The van der Waals surface area contributed by atoms with Crippen molar-refractivity contribution in [3.63, 3.8) is 0 Å². The lowest BCUT2D eigenvalue weighted by molar-refractivity contribution is -0.136. The fourth-order valence-electron chi connectivity index (χ4n) is 3.30. The average Bonchev–Trinajstić information content (AvgIpc) is 2.72. The van der Waals surface area contributed by atoms with Crippen LogP contribution in [0.4, 0.5) is 10.2 Å². The Morgan fingerprint density at radius 1 is 1.07 bits per heavy atom. The van der Waals surface area contributed by atoms with Gasteiger partial charge in [-0.1, -0.05) is 18.2 Å². The van der Waals surface area contributed by atoms with Crippen LogP contribution in [0, 0.1) is 5.82 Å². The van der Waals surface area contributed by atoms with Gasteiger partial charge in [0.2, 0.25) is 11.8 Å². The molecule has 2 aromatic rings. The summed E-state index contributed by atoms with van der Waals surface area (Å²) in [6, 6.07) is 12.1. The van der Waals surface area contributed by atoms with Gasteiger partial charge in [0.15, 0.2) is 0 Å². The van der Waals surface area contributed by atoms with Crippen LogP contribution in [-0.4, -0.2) is 47.9 Å². The third kappa shape index (κ3) is 6.85. The van der Waals surface area contributed by atoms with Gasteiger partial charge < -0.3 is 15.5 Å². The van der Waals surface area contributed by atoms with E-state index in [-0.39, 0.29) is 24.2 Å². The Bertz CT molecular complexity index is 826. The molecule has 0 aliphatic carbocycles. The molecular formula is C22H27FN4O2. The minimum absolute atomic E-state index is 0.0604. The lowest BCUT2D eigenvalue weighted by Crippen LogP contribution is -2.42. The zero-order valence-corrected chi connectivity index (χ0v) is 16.5. The van der Waals surface area contributed by atoms with Crippen molar-refractivity contribution in [2.45, 2.75) is 32.1 Å². The quantitative estimate of drug-likeness (QED) is 0.833. The number of halogens is 1. The Balaban J connectivity index is 1.59. The van der Waals surface area contributed by atoms with E-state index in [0.29, 0.717) is 32.5 Å². The van der Waals surface area contributed by atoms with Crippen LogP contribution in [0.15, 0.2) is 42.5 Å². The Hall–Kier alpha value is -2.96. The Kier molecular flexibility index (Phi) is 7.55. The Morgan fingerprint density at radius 3 is 2.69 bits per heavy atom. The molecule has 0 radical (unpaired) electrons. The van der Waals surface area contributed by atoms with Gasteiger partial charge in [-0.2, -0.15) is 0 Å².